The van der Waals surface area contributed by atoms with Gasteiger partial charge in [-0.3, -0.25) is 0 Å². The van der Waals surface area contributed by atoms with Gasteiger partial charge in [0, 0.05) is 34.2 Å². The van der Waals surface area contributed by atoms with Crippen molar-refractivity contribution in [3.63, 3.8) is 0 Å². The molecule has 57 heavy (non-hydrogen) atoms. The molecule has 0 amide bonds. The molecule has 7 aromatic carbocycles. The number of anilines is 2. The van der Waals surface area contributed by atoms with Crippen LogP contribution >= 0.6 is 0 Å². The van der Waals surface area contributed by atoms with Crippen molar-refractivity contribution in [3.05, 3.63) is 234 Å². The van der Waals surface area contributed by atoms with Crippen LogP contribution in [0.4, 0.5) is 11.4 Å². The van der Waals surface area contributed by atoms with E-state index in [9.17, 15) is 0 Å². The van der Waals surface area contributed by atoms with Crippen molar-refractivity contribution in [1.82, 2.24) is 9.97 Å². The number of hydrogen-bond acceptors (Lipinski definition) is 4. The second-order valence-corrected chi connectivity index (χ2v) is 14.9. The molecule has 11 rings (SSSR count). The summed E-state index contributed by atoms with van der Waals surface area (Å²) in [4.78, 5) is 12.8. The van der Waals surface area contributed by atoms with Crippen molar-refractivity contribution < 1.29 is 4.42 Å². The lowest BCUT2D eigenvalue weighted by Gasteiger charge is -2.36. The van der Waals surface area contributed by atoms with Gasteiger partial charge in [0.05, 0.1) is 29.0 Å². The Hall–Kier alpha value is -7.30. The van der Waals surface area contributed by atoms with Gasteiger partial charge in [-0.2, -0.15) is 0 Å². The van der Waals surface area contributed by atoms with Gasteiger partial charge in [0.25, 0.3) is 0 Å². The van der Waals surface area contributed by atoms with Crippen LogP contribution in [0.25, 0.3) is 50.8 Å². The first kappa shape index (κ1) is 33.1. The van der Waals surface area contributed by atoms with Gasteiger partial charge < -0.3 is 9.32 Å². The molecule has 0 saturated heterocycles. The number of hydrogen-bond donors (Lipinski definition) is 0. The molecule has 4 heteroatoms. The molecule has 0 radical (unpaired) electrons. The standard InChI is InChI=1S/C53H37N3O/c1-4-16-36(17-5-1)51-48(35-54-52(55-51)37-18-6-2-7-19-37)56(41-32-33-50-45(34-41)44-24-12-15-27-49(44)57-50)40-30-28-39(29-31-40)53(38-20-8-3-9-21-38)46-25-13-10-22-42(46)43-23-11-14-26-47(43)53/h1-33,35,41H,34H2. The lowest BCUT2D eigenvalue weighted by molar-refractivity contribution is 0.590. The number of fused-ring (bicyclic) bond motifs is 6. The highest BCUT2D eigenvalue weighted by Gasteiger charge is 2.46. The van der Waals surface area contributed by atoms with E-state index in [0.717, 1.165) is 51.3 Å². The van der Waals surface area contributed by atoms with Crippen LogP contribution in [0.3, 0.4) is 0 Å². The molecule has 0 aliphatic heterocycles. The molecule has 1 unspecified atom stereocenters. The Morgan fingerprint density at radius 2 is 1.14 bits per heavy atom. The average molecular weight is 732 g/mol. The third-order valence-electron chi connectivity index (χ3n) is 11.8. The van der Waals surface area contributed by atoms with E-state index in [1.165, 1.54) is 38.9 Å². The molecule has 0 N–H and O–H groups in total. The summed E-state index contributed by atoms with van der Waals surface area (Å²) in [5.74, 6) is 1.62. The van der Waals surface area contributed by atoms with Crippen LogP contribution in [0, 0.1) is 0 Å². The predicted octanol–water partition coefficient (Wildman–Crippen LogP) is 12.7. The van der Waals surface area contributed by atoms with Crippen molar-refractivity contribution in [2.45, 2.75) is 17.9 Å². The molecule has 0 fully saturated rings. The largest absolute Gasteiger partial charge is 0.456 e. The maximum atomic E-state index is 6.34. The van der Waals surface area contributed by atoms with Crippen LogP contribution in [0.1, 0.15) is 33.6 Å². The molecule has 270 valence electrons. The Bertz CT molecular complexity index is 2890. The minimum absolute atomic E-state index is 0.0472. The van der Waals surface area contributed by atoms with Gasteiger partial charge in [0.2, 0.25) is 0 Å². The highest BCUT2D eigenvalue weighted by Crippen LogP contribution is 2.56. The summed E-state index contributed by atoms with van der Waals surface area (Å²) in [5.41, 5.74) is 14.1. The normalized spacial score (nSPS) is 14.8. The van der Waals surface area contributed by atoms with Gasteiger partial charge in [0.15, 0.2) is 5.82 Å². The molecular weight excluding hydrogens is 695 g/mol. The Labute approximate surface area is 332 Å². The molecule has 0 saturated carbocycles. The summed E-state index contributed by atoms with van der Waals surface area (Å²) in [5, 5.41) is 1.15. The maximum Gasteiger partial charge on any atom is 0.159 e. The zero-order valence-electron chi connectivity index (χ0n) is 31.2. The SMILES string of the molecule is C1=CC(N(c2ccc(C3(c4ccccc4)c4ccccc4-c4ccccc43)cc2)c2cnc(-c3ccccc3)nc2-c2ccccc2)Cc2c1oc1ccccc21. The molecule has 4 nitrogen and oxygen atoms in total. The van der Waals surface area contributed by atoms with E-state index >= 15 is 0 Å². The fraction of sp³-hybridized carbons (Fsp3) is 0.0566. The van der Waals surface area contributed by atoms with Crippen molar-refractivity contribution in [1.29, 1.82) is 0 Å². The number of benzene rings is 7. The molecule has 0 bridgehead atoms. The second-order valence-electron chi connectivity index (χ2n) is 14.9. The van der Waals surface area contributed by atoms with Crippen LogP contribution in [0.5, 0.6) is 0 Å². The van der Waals surface area contributed by atoms with Crippen molar-refractivity contribution in [2.75, 3.05) is 4.90 Å². The molecule has 2 aliphatic carbocycles. The monoisotopic (exact) mass is 731 g/mol. The molecule has 9 aromatic rings. The highest BCUT2D eigenvalue weighted by molar-refractivity contribution is 5.89. The lowest BCUT2D eigenvalue weighted by atomic mass is 9.67. The zero-order chi connectivity index (χ0) is 37.8. The molecule has 2 heterocycles. The van der Waals surface area contributed by atoms with Crippen molar-refractivity contribution in [3.8, 4) is 33.8 Å². The third-order valence-corrected chi connectivity index (χ3v) is 11.8. The van der Waals surface area contributed by atoms with Crippen LogP contribution in [-0.4, -0.2) is 16.0 Å². The average Bonchev–Trinajstić information content (AvgIpc) is 3.81. The summed E-state index contributed by atoms with van der Waals surface area (Å²) >= 11 is 0. The highest BCUT2D eigenvalue weighted by atomic mass is 16.3. The van der Waals surface area contributed by atoms with Crippen LogP contribution in [0.15, 0.2) is 205 Å². The van der Waals surface area contributed by atoms with Gasteiger partial charge in [-0.15, -0.1) is 0 Å². The minimum Gasteiger partial charge on any atom is -0.456 e. The minimum atomic E-state index is -0.483. The topological polar surface area (TPSA) is 42.2 Å². The Balaban J connectivity index is 1.11. The number of rotatable bonds is 7. The molecule has 1 atom stereocenters. The zero-order valence-corrected chi connectivity index (χ0v) is 31.2. The summed E-state index contributed by atoms with van der Waals surface area (Å²) in [7, 11) is 0. The molecular formula is C53H37N3O. The third kappa shape index (κ3) is 5.29. The smallest absolute Gasteiger partial charge is 0.159 e. The summed E-state index contributed by atoms with van der Waals surface area (Å²) in [6.07, 6.45) is 7.18. The number of furan rings is 1. The predicted molar refractivity (Wildman–Crippen MR) is 232 cm³/mol. The van der Waals surface area contributed by atoms with E-state index in [2.05, 4.69) is 181 Å². The van der Waals surface area contributed by atoms with E-state index < -0.39 is 5.41 Å². The van der Waals surface area contributed by atoms with Crippen LogP contribution in [-0.2, 0) is 11.8 Å². The quantitative estimate of drug-likeness (QED) is 0.164. The molecule has 2 aliphatic rings. The number of nitrogens with zero attached hydrogens (tertiary/aromatic N) is 3. The number of para-hydroxylation sites is 1. The Morgan fingerprint density at radius 3 is 1.84 bits per heavy atom. The van der Waals surface area contributed by atoms with Gasteiger partial charge in [-0.05, 0) is 57.7 Å². The fourth-order valence-electron chi connectivity index (χ4n) is 9.30. The van der Waals surface area contributed by atoms with Crippen LogP contribution in [0.2, 0.25) is 0 Å². The van der Waals surface area contributed by atoms with Crippen molar-refractivity contribution in [2.24, 2.45) is 0 Å². The van der Waals surface area contributed by atoms with Crippen molar-refractivity contribution >= 4 is 28.4 Å². The number of aromatic nitrogens is 2. The Kier molecular flexibility index (Phi) is 7.82. The summed E-state index contributed by atoms with van der Waals surface area (Å²) in [6.45, 7) is 0. The van der Waals surface area contributed by atoms with E-state index in [4.69, 9.17) is 14.4 Å². The summed E-state index contributed by atoms with van der Waals surface area (Å²) in [6, 6.07) is 67.0. The lowest BCUT2D eigenvalue weighted by Crippen LogP contribution is -2.34. The fourth-order valence-corrected chi connectivity index (χ4v) is 9.30. The summed E-state index contributed by atoms with van der Waals surface area (Å²) < 4.78 is 6.34. The van der Waals surface area contributed by atoms with Gasteiger partial charge in [0.1, 0.15) is 11.3 Å². The first-order valence-electron chi connectivity index (χ1n) is 19.6. The van der Waals surface area contributed by atoms with E-state index in [1.54, 1.807) is 0 Å². The first-order valence-corrected chi connectivity index (χ1v) is 19.6. The van der Waals surface area contributed by atoms with Gasteiger partial charge >= 0.3 is 0 Å². The first-order chi connectivity index (χ1) is 28.3. The second kappa shape index (κ2) is 13.5. The Morgan fingerprint density at radius 1 is 0.561 bits per heavy atom. The van der Waals surface area contributed by atoms with Gasteiger partial charge in [-0.1, -0.05) is 176 Å². The van der Waals surface area contributed by atoms with Gasteiger partial charge in [-0.25, -0.2) is 9.97 Å². The molecule has 2 aromatic heterocycles. The van der Waals surface area contributed by atoms with Crippen LogP contribution < -0.4 is 4.90 Å². The van der Waals surface area contributed by atoms with E-state index in [-0.39, 0.29) is 6.04 Å². The van der Waals surface area contributed by atoms with E-state index in [0.29, 0.717) is 5.82 Å². The maximum absolute atomic E-state index is 6.34. The molecule has 0 spiro atoms. The van der Waals surface area contributed by atoms with E-state index in [1.807, 2.05) is 30.5 Å².